The molecular weight excluding hydrogens is 376 g/mol. The number of carbonyl (C=O) groups excluding carboxylic acids is 1. The Bertz CT molecular complexity index is 814. The normalized spacial score (nSPS) is 15.2. The summed E-state index contributed by atoms with van der Waals surface area (Å²) in [6.07, 6.45) is 2.51. The summed E-state index contributed by atoms with van der Waals surface area (Å²) in [6.45, 7) is 6.92. The minimum Gasteiger partial charge on any atom is -0.497 e. The molecule has 1 amide bonds. The summed E-state index contributed by atoms with van der Waals surface area (Å²) in [5, 5.41) is 0. The van der Waals surface area contributed by atoms with Crippen LogP contribution in [-0.2, 0) is 11.3 Å². The maximum Gasteiger partial charge on any atom is 0.227 e. The van der Waals surface area contributed by atoms with Gasteiger partial charge in [-0.1, -0.05) is 32.0 Å². The molecule has 0 radical (unpaired) electrons. The lowest BCUT2D eigenvalue weighted by atomic mass is 9.99. The van der Waals surface area contributed by atoms with E-state index in [-0.39, 0.29) is 11.9 Å². The van der Waals surface area contributed by atoms with Crippen molar-refractivity contribution in [2.24, 2.45) is 5.92 Å². The van der Waals surface area contributed by atoms with Crippen LogP contribution in [0.4, 0.5) is 5.69 Å². The van der Waals surface area contributed by atoms with E-state index in [2.05, 4.69) is 18.7 Å². The van der Waals surface area contributed by atoms with Gasteiger partial charge < -0.3 is 14.4 Å². The average Bonchev–Trinajstić information content (AvgIpc) is 2.75. The van der Waals surface area contributed by atoms with E-state index in [0.717, 1.165) is 55.2 Å². The summed E-state index contributed by atoms with van der Waals surface area (Å²) in [5.74, 6) is 2.31. The van der Waals surface area contributed by atoms with Gasteiger partial charge in [-0.25, -0.2) is 0 Å². The number of anilines is 1. The summed E-state index contributed by atoms with van der Waals surface area (Å²) in [5.41, 5.74) is 2.14. The van der Waals surface area contributed by atoms with E-state index < -0.39 is 0 Å². The second kappa shape index (κ2) is 10.5. The fraction of sp³-hybridized carbons (Fsp3) is 0.480. The predicted molar refractivity (Wildman–Crippen MR) is 121 cm³/mol. The summed E-state index contributed by atoms with van der Waals surface area (Å²) in [6, 6.07) is 16.3. The number of methoxy groups -OCH3 is 2. The topological polar surface area (TPSA) is 42.0 Å². The van der Waals surface area contributed by atoms with E-state index in [9.17, 15) is 4.79 Å². The predicted octanol–water partition coefficient (Wildman–Crippen LogP) is 4.75. The van der Waals surface area contributed by atoms with E-state index in [1.54, 1.807) is 14.2 Å². The van der Waals surface area contributed by atoms with Crippen molar-refractivity contribution in [3.63, 3.8) is 0 Å². The molecular formula is C25H34N2O3. The van der Waals surface area contributed by atoms with Gasteiger partial charge in [0.05, 0.1) is 14.2 Å². The van der Waals surface area contributed by atoms with Gasteiger partial charge in [0.2, 0.25) is 5.91 Å². The van der Waals surface area contributed by atoms with Crippen molar-refractivity contribution in [2.45, 2.75) is 45.7 Å². The first-order chi connectivity index (χ1) is 14.5. The molecule has 0 unspecified atom stereocenters. The number of carbonyl (C=O) groups is 1. The van der Waals surface area contributed by atoms with Gasteiger partial charge in [0, 0.05) is 43.3 Å². The number of piperidine rings is 1. The lowest BCUT2D eigenvalue weighted by molar-refractivity contribution is -0.120. The molecule has 162 valence electrons. The molecule has 0 spiro atoms. The summed E-state index contributed by atoms with van der Waals surface area (Å²) in [7, 11) is 3.39. The molecule has 0 bridgehead atoms. The van der Waals surface area contributed by atoms with Crippen molar-refractivity contribution in [2.75, 3.05) is 32.2 Å². The minimum atomic E-state index is 0.226. The molecule has 1 aliphatic rings. The minimum absolute atomic E-state index is 0.226. The first kappa shape index (κ1) is 22.2. The number of benzene rings is 2. The van der Waals surface area contributed by atoms with Crippen molar-refractivity contribution in [3.8, 4) is 11.5 Å². The highest BCUT2D eigenvalue weighted by molar-refractivity contribution is 5.94. The molecule has 30 heavy (non-hydrogen) atoms. The van der Waals surface area contributed by atoms with Gasteiger partial charge in [0.25, 0.3) is 0 Å². The number of hydrogen-bond donors (Lipinski definition) is 0. The van der Waals surface area contributed by atoms with Gasteiger partial charge in [-0.2, -0.15) is 0 Å². The molecule has 0 aliphatic carbocycles. The molecule has 3 rings (SSSR count). The van der Waals surface area contributed by atoms with Crippen LogP contribution >= 0.6 is 0 Å². The standard InChI is InChI=1S/C25H34N2O3/c1-19(2)16-25(28)27(21-8-6-5-7-9-21)22-12-14-26(15-13-22)18-20-17-23(29-3)10-11-24(20)30-4/h5-11,17,19,22H,12-16,18H2,1-4H3. The highest BCUT2D eigenvalue weighted by atomic mass is 16.5. The first-order valence-corrected chi connectivity index (χ1v) is 10.8. The van der Waals surface area contributed by atoms with Crippen molar-refractivity contribution >= 4 is 11.6 Å². The number of hydrogen-bond acceptors (Lipinski definition) is 4. The molecule has 1 heterocycles. The molecule has 0 N–H and O–H groups in total. The Kier molecular flexibility index (Phi) is 7.75. The van der Waals surface area contributed by atoms with Crippen molar-refractivity contribution in [3.05, 3.63) is 54.1 Å². The van der Waals surface area contributed by atoms with Crippen LogP contribution in [0.2, 0.25) is 0 Å². The van der Waals surface area contributed by atoms with Gasteiger partial charge in [-0.3, -0.25) is 9.69 Å². The maximum atomic E-state index is 13.1. The molecule has 2 aromatic carbocycles. The van der Waals surface area contributed by atoms with Gasteiger partial charge in [-0.05, 0) is 49.1 Å². The summed E-state index contributed by atoms with van der Waals surface area (Å²) >= 11 is 0. The van der Waals surface area contributed by atoms with Crippen LogP contribution in [-0.4, -0.2) is 44.2 Å². The molecule has 5 nitrogen and oxygen atoms in total. The van der Waals surface area contributed by atoms with E-state index in [0.29, 0.717) is 12.3 Å². The molecule has 0 aromatic heterocycles. The van der Waals surface area contributed by atoms with Crippen LogP contribution < -0.4 is 14.4 Å². The molecule has 5 heteroatoms. The Balaban J connectivity index is 1.69. The number of rotatable bonds is 8. The SMILES string of the molecule is COc1ccc(OC)c(CN2CCC(N(C(=O)CC(C)C)c3ccccc3)CC2)c1. The Morgan fingerprint density at radius 3 is 2.37 bits per heavy atom. The third-order valence-corrected chi connectivity index (χ3v) is 5.69. The number of para-hydroxylation sites is 1. The monoisotopic (exact) mass is 410 g/mol. The fourth-order valence-corrected chi connectivity index (χ4v) is 4.18. The Morgan fingerprint density at radius 2 is 1.77 bits per heavy atom. The largest absolute Gasteiger partial charge is 0.497 e. The second-order valence-corrected chi connectivity index (χ2v) is 8.38. The zero-order valence-corrected chi connectivity index (χ0v) is 18.6. The van der Waals surface area contributed by atoms with Gasteiger partial charge in [0.1, 0.15) is 11.5 Å². The number of amides is 1. The second-order valence-electron chi connectivity index (χ2n) is 8.38. The van der Waals surface area contributed by atoms with E-state index in [4.69, 9.17) is 9.47 Å². The van der Waals surface area contributed by atoms with Crippen LogP contribution in [0.5, 0.6) is 11.5 Å². The van der Waals surface area contributed by atoms with Crippen molar-refractivity contribution in [1.82, 2.24) is 4.90 Å². The van der Waals surface area contributed by atoms with Crippen LogP contribution in [0.3, 0.4) is 0 Å². The third kappa shape index (κ3) is 5.54. The smallest absolute Gasteiger partial charge is 0.227 e. The van der Waals surface area contributed by atoms with Crippen LogP contribution in [0.15, 0.2) is 48.5 Å². The number of likely N-dealkylation sites (tertiary alicyclic amines) is 1. The lowest BCUT2D eigenvalue weighted by Crippen LogP contribution is -2.47. The summed E-state index contributed by atoms with van der Waals surface area (Å²) < 4.78 is 10.9. The Morgan fingerprint density at radius 1 is 1.07 bits per heavy atom. The van der Waals surface area contributed by atoms with E-state index in [1.165, 1.54) is 0 Å². The van der Waals surface area contributed by atoms with Crippen molar-refractivity contribution < 1.29 is 14.3 Å². The molecule has 1 aliphatic heterocycles. The third-order valence-electron chi connectivity index (χ3n) is 5.69. The van der Waals surface area contributed by atoms with Gasteiger partial charge in [-0.15, -0.1) is 0 Å². The van der Waals surface area contributed by atoms with E-state index in [1.807, 2.05) is 53.4 Å². The highest BCUT2D eigenvalue weighted by Gasteiger charge is 2.29. The van der Waals surface area contributed by atoms with Crippen LogP contribution in [0.25, 0.3) is 0 Å². The zero-order valence-electron chi connectivity index (χ0n) is 18.6. The zero-order chi connectivity index (χ0) is 21.5. The van der Waals surface area contributed by atoms with Gasteiger partial charge in [0.15, 0.2) is 0 Å². The molecule has 0 saturated carbocycles. The molecule has 0 atom stereocenters. The lowest BCUT2D eigenvalue weighted by Gasteiger charge is -2.39. The first-order valence-electron chi connectivity index (χ1n) is 10.8. The summed E-state index contributed by atoms with van der Waals surface area (Å²) in [4.78, 5) is 17.5. The molecule has 2 aromatic rings. The van der Waals surface area contributed by atoms with Crippen LogP contribution in [0.1, 0.15) is 38.7 Å². The van der Waals surface area contributed by atoms with Gasteiger partial charge >= 0.3 is 0 Å². The highest BCUT2D eigenvalue weighted by Crippen LogP contribution is 2.29. The molecule has 1 saturated heterocycles. The number of nitrogens with zero attached hydrogens (tertiary/aromatic N) is 2. The average molecular weight is 411 g/mol. The Hall–Kier alpha value is -2.53. The fourth-order valence-electron chi connectivity index (χ4n) is 4.18. The van der Waals surface area contributed by atoms with Crippen LogP contribution in [0, 0.1) is 5.92 Å². The quantitative estimate of drug-likeness (QED) is 0.630. The maximum absolute atomic E-state index is 13.1. The number of ether oxygens (including phenoxy) is 2. The molecule has 1 fully saturated rings. The Labute approximate surface area is 180 Å². The van der Waals surface area contributed by atoms with Crippen molar-refractivity contribution in [1.29, 1.82) is 0 Å². The van der Waals surface area contributed by atoms with E-state index >= 15 is 0 Å².